The van der Waals surface area contributed by atoms with Crippen molar-refractivity contribution in [2.24, 2.45) is 11.8 Å². The molecule has 26 heavy (non-hydrogen) atoms. The normalized spacial score (nSPS) is 35.2. The molecule has 1 aromatic carbocycles. The fraction of sp³-hybridized carbons (Fsp3) is 0.421. The fourth-order valence-electron chi connectivity index (χ4n) is 5.02. The van der Waals surface area contributed by atoms with Crippen molar-refractivity contribution in [3.63, 3.8) is 0 Å². The summed E-state index contributed by atoms with van der Waals surface area (Å²) in [5, 5.41) is 9.29. The highest BCUT2D eigenvalue weighted by molar-refractivity contribution is 6.25. The van der Waals surface area contributed by atoms with Gasteiger partial charge in [0.25, 0.3) is 0 Å². The second-order valence-electron chi connectivity index (χ2n) is 7.69. The van der Waals surface area contributed by atoms with Gasteiger partial charge in [-0.3, -0.25) is 19.6 Å². The minimum atomic E-state index is -0.602. The van der Waals surface area contributed by atoms with Crippen LogP contribution in [0.15, 0.2) is 24.5 Å². The molecule has 130 valence electrons. The Balaban J connectivity index is 1.70. The summed E-state index contributed by atoms with van der Waals surface area (Å²) >= 11 is 0. The number of anilines is 1. The van der Waals surface area contributed by atoms with E-state index < -0.39 is 23.0 Å². The molecule has 2 bridgehead atoms. The number of hydrogen-bond donors (Lipinski definition) is 0. The monoisotopic (exact) mass is 348 g/mol. The van der Waals surface area contributed by atoms with Crippen molar-refractivity contribution >= 4 is 28.5 Å². The van der Waals surface area contributed by atoms with E-state index in [1.165, 1.54) is 17.3 Å². The smallest absolute Gasteiger partial charge is 0.240 e. The molecule has 2 unspecified atom stereocenters. The molecule has 0 N–H and O–H groups in total. The van der Waals surface area contributed by atoms with E-state index >= 15 is 0 Å². The Morgan fingerprint density at radius 3 is 2.23 bits per heavy atom. The predicted molar refractivity (Wildman–Crippen MR) is 90.9 cm³/mol. The first kappa shape index (κ1) is 15.4. The lowest BCUT2D eigenvalue weighted by Crippen LogP contribution is -2.40. The number of benzene rings is 1. The predicted octanol–water partition coefficient (Wildman–Crippen LogP) is 1.95. The molecule has 3 fully saturated rings. The molecule has 0 saturated carbocycles. The van der Waals surface area contributed by atoms with Crippen LogP contribution in [-0.2, 0) is 14.3 Å². The number of nitrogens with zero attached hydrogens (tertiary/aromatic N) is 4. The average molecular weight is 348 g/mol. The third-order valence-electron chi connectivity index (χ3n) is 6.17. The number of aromatic nitrogens is 2. The average Bonchev–Trinajstić information content (AvgIpc) is 3.18. The minimum absolute atomic E-state index is 0.248. The maximum atomic E-state index is 13.2. The summed E-state index contributed by atoms with van der Waals surface area (Å²) in [6, 6.07) is 5.27. The van der Waals surface area contributed by atoms with Crippen LogP contribution in [0.1, 0.15) is 32.3 Å². The molecule has 3 aliphatic rings. The molecule has 4 heterocycles. The largest absolute Gasteiger partial charge is 0.367 e. The first-order chi connectivity index (χ1) is 12.4. The van der Waals surface area contributed by atoms with Crippen molar-refractivity contribution in [2.45, 2.75) is 37.9 Å². The molecule has 1 aromatic heterocycles. The lowest BCUT2D eigenvalue weighted by atomic mass is 9.69. The van der Waals surface area contributed by atoms with Gasteiger partial charge in [0.05, 0.1) is 34.3 Å². The Morgan fingerprint density at radius 1 is 1.08 bits per heavy atom. The van der Waals surface area contributed by atoms with Gasteiger partial charge in [0.2, 0.25) is 11.8 Å². The summed E-state index contributed by atoms with van der Waals surface area (Å²) in [7, 11) is 0. The minimum Gasteiger partial charge on any atom is -0.367 e. The fourth-order valence-corrected chi connectivity index (χ4v) is 5.02. The molecular weight excluding hydrogens is 332 g/mol. The number of carbonyl (C=O) groups is 2. The van der Waals surface area contributed by atoms with E-state index in [1.807, 2.05) is 13.8 Å². The highest BCUT2D eigenvalue weighted by Crippen LogP contribution is 2.61. The Bertz CT molecular complexity index is 1010. The first-order valence-electron chi connectivity index (χ1n) is 8.61. The molecule has 0 aliphatic carbocycles. The third kappa shape index (κ3) is 1.65. The van der Waals surface area contributed by atoms with Crippen molar-refractivity contribution < 1.29 is 14.3 Å². The van der Waals surface area contributed by atoms with Crippen LogP contribution >= 0.6 is 0 Å². The summed E-state index contributed by atoms with van der Waals surface area (Å²) < 4.78 is 6.12. The highest BCUT2D eigenvalue weighted by Gasteiger charge is 2.72. The Morgan fingerprint density at radius 2 is 1.65 bits per heavy atom. The Kier molecular flexibility index (Phi) is 2.76. The van der Waals surface area contributed by atoms with Gasteiger partial charge in [-0.05, 0) is 38.8 Å². The van der Waals surface area contributed by atoms with Crippen LogP contribution in [0.4, 0.5) is 5.69 Å². The number of hydrogen-bond acceptors (Lipinski definition) is 6. The van der Waals surface area contributed by atoms with Gasteiger partial charge in [-0.25, -0.2) is 4.90 Å². The SMILES string of the molecule is CC12CCC(C)(O1)[C@H]1C(=O)N(c3ccc(C#N)c4nccnc34)C(=O)[C@H]12. The number of rotatable bonds is 1. The van der Waals surface area contributed by atoms with Gasteiger partial charge in [0, 0.05) is 12.4 Å². The van der Waals surface area contributed by atoms with Crippen molar-refractivity contribution in [3.05, 3.63) is 30.1 Å². The van der Waals surface area contributed by atoms with Crippen molar-refractivity contribution in [1.29, 1.82) is 5.26 Å². The number of imide groups is 1. The zero-order valence-electron chi connectivity index (χ0n) is 14.4. The molecule has 2 amide bonds. The van der Waals surface area contributed by atoms with Gasteiger partial charge in [-0.1, -0.05) is 0 Å². The number of nitriles is 1. The second-order valence-corrected chi connectivity index (χ2v) is 7.69. The Labute approximate surface area is 149 Å². The molecule has 3 saturated heterocycles. The van der Waals surface area contributed by atoms with E-state index in [1.54, 1.807) is 12.1 Å². The van der Waals surface area contributed by atoms with Crippen LogP contribution in [0.25, 0.3) is 11.0 Å². The molecule has 5 rings (SSSR count). The Hall–Kier alpha value is -2.85. The van der Waals surface area contributed by atoms with Gasteiger partial charge < -0.3 is 4.74 Å². The maximum absolute atomic E-state index is 13.2. The van der Waals surface area contributed by atoms with Crippen molar-refractivity contribution in [1.82, 2.24) is 9.97 Å². The number of amides is 2. The molecule has 7 nitrogen and oxygen atoms in total. The number of ether oxygens (including phenoxy) is 1. The van der Waals surface area contributed by atoms with Gasteiger partial charge in [-0.2, -0.15) is 5.26 Å². The first-order valence-corrected chi connectivity index (χ1v) is 8.61. The van der Waals surface area contributed by atoms with Crippen LogP contribution in [0.2, 0.25) is 0 Å². The summed E-state index contributed by atoms with van der Waals surface area (Å²) in [4.78, 5) is 36.2. The van der Waals surface area contributed by atoms with Gasteiger partial charge >= 0.3 is 0 Å². The second kappa shape index (κ2) is 4.65. The van der Waals surface area contributed by atoms with E-state index in [-0.39, 0.29) is 11.8 Å². The van der Waals surface area contributed by atoms with Crippen LogP contribution in [0, 0.1) is 23.2 Å². The molecular formula is C19H16N4O3. The van der Waals surface area contributed by atoms with E-state index in [2.05, 4.69) is 16.0 Å². The van der Waals surface area contributed by atoms with Crippen LogP contribution in [-0.4, -0.2) is 33.0 Å². The summed E-state index contributed by atoms with van der Waals surface area (Å²) in [6.07, 6.45) is 4.52. The lowest BCUT2D eigenvalue weighted by molar-refractivity contribution is -0.129. The zero-order chi connectivity index (χ0) is 18.3. The quantitative estimate of drug-likeness (QED) is 0.731. The van der Waals surface area contributed by atoms with Gasteiger partial charge in [0.15, 0.2) is 0 Å². The highest BCUT2D eigenvalue weighted by atomic mass is 16.5. The van der Waals surface area contributed by atoms with Crippen molar-refractivity contribution in [2.75, 3.05) is 4.90 Å². The van der Waals surface area contributed by atoms with Gasteiger partial charge in [-0.15, -0.1) is 0 Å². The van der Waals surface area contributed by atoms with E-state index in [0.29, 0.717) is 22.3 Å². The standard InChI is InChI=1S/C19H16N4O3/c1-18-5-6-19(2,26-18)13-12(18)16(24)23(17(13)25)11-4-3-10(9-20)14-15(11)22-8-7-21-14/h3-4,7-8,12-13H,5-6H2,1-2H3/t12-,13+,18?,19?. The van der Waals surface area contributed by atoms with E-state index in [9.17, 15) is 14.9 Å². The van der Waals surface area contributed by atoms with Crippen LogP contribution in [0.5, 0.6) is 0 Å². The van der Waals surface area contributed by atoms with Gasteiger partial charge in [0.1, 0.15) is 17.1 Å². The maximum Gasteiger partial charge on any atom is 0.240 e. The number of carbonyl (C=O) groups excluding carboxylic acids is 2. The lowest BCUT2D eigenvalue weighted by Gasteiger charge is -2.27. The molecule has 7 heteroatoms. The van der Waals surface area contributed by atoms with Crippen LogP contribution in [0.3, 0.4) is 0 Å². The van der Waals surface area contributed by atoms with E-state index in [4.69, 9.17) is 4.74 Å². The van der Waals surface area contributed by atoms with E-state index in [0.717, 1.165) is 12.8 Å². The molecule has 4 atom stereocenters. The third-order valence-corrected chi connectivity index (χ3v) is 6.17. The molecule has 0 radical (unpaired) electrons. The number of fused-ring (bicyclic) bond motifs is 6. The summed E-state index contributed by atoms with van der Waals surface area (Å²) in [6.45, 7) is 3.85. The summed E-state index contributed by atoms with van der Waals surface area (Å²) in [5.41, 5.74) is 0.324. The van der Waals surface area contributed by atoms with Crippen molar-refractivity contribution in [3.8, 4) is 6.07 Å². The molecule has 2 aromatic rings. The molecule has 3 aliphatic heterocycles. The zero-order valence-corrected chi connectivity index (χ0v) is 14.4. The topological polar surface area (TPSA) is 96.2 Å². The summed E-state index contributed by atoms with van der Waals surface area (Å²) in [5.74, 6) is -1.45. The van der Waals surface area contributed by atoms with Crippen LogP contribution < -0.4 is 4.90 Å². The molecule has 0 spiro atoms.